The third kappa shape index (κ3) is 2.15. The lowest BCUT2D eigenvalue weighted by Crippen LogP contribution is -2.49. The van der Waals surface area contributed by atoms with Gasteiger partial charge in [-0.15, -0.1) is 0 Å². The maximum Gasteiger partial charge on any atom is 0.322 e. The molecule has 0 spiro atoms. The molecule has 2 rings (SSSR count). The topological polar surface area (TPSA) is 70.2 Å². The highest BCUT2D eigenvalue weighted by molar-refractivity contribution is 9.10. The number of urea groups is 1. The van der Waals surface area contributed by atoms with Crippen LogP contribution in [0.5, 0.6) is 0 Å². The van der Waals surface area contributed by atoms with Gasteiger partial charge in [0.1, 0.15) is 0 Å². The number of amides is 3. The molecule has 1 aromatic rings. The minimum absolute atomic E-state index is 0.105. The van der Waals surface area contributed by atoms with Crippen LogP contribution in [0.15, 0.2) is 28.7 Å². The van der Waals surface area contributed by atoms with Gasteiger partial charge in [-0.25, -0.2) is 9.63 Å². The smallest absolute Gasteiger partial charge is 0.318 e. The molecule has 0 aliphatic carbocycles. The number of hydrogen-bond donors (Lipinski definition) is 3. The first-order valence-electron chi connectivity index (χ1n) is 4.81. The van der Waals surface area contributed by atoms with Crippen molar-refractivity contribution in [2.24, 2.45) is 0 Å². The van der Waals surface area contributed by atoms with Crippen LogP contribution in [0.25, 0.3) is 0 Å². The van der Waals surface area contributed by atoms with Gasteiger partial charge < -0.3 is 5.32 Å². The summed E-state index contributed by atoms with van der Waals surface area (Å²) in [6.45, 7) is 0.105. The van der Waals surface area contributed by atoms with Crippen molar-refractivity contribution in [3.05, 3.63) is 34.3 Å². The van der Waals surface area contributed by atoms with E-state index >= 15 is 0 Å². The fourth-order valence-corrected chi connectivity index (χ4v) is 2.22. The molecule has 7 heteroatoms. The van der Waals surface area contributed by atoms with Gasteiger partial charge in [0.25, 0.3) is 5.91 Å². The zero-order valence-corrected chi connectivity index (χ0v) is 10.9. The molecule has 1 aliphatic rings. The molecule has 1 unspecified atom stereocenters. The van der Waals surface area contributed by atoms with E-state index in [-0.39, 0.29) is 6.54 Å². The van der Waals surface area contributed by atoms with Crippen LogP contribution in [0.2, 0.25) is 0 Å². The van der Waals surface area contributed by atoms with E-state index in [0.29, 0.717) is 5.56 Å². The van der Waals surface area contributed by atoms with E-state index in [1.807, 2.05) is 0 Å². The Hall–Kier alpha value is -1.11. The molecular formula is C10H9BrClN3O2. The number of rotatable bonds is 3. The maximum absolute atomic E-state index is 11.9. The van der Waals surface area contributed by atoms with Crippen molar-refractivity contribution >= 4 is 39.6 Å². The quantitative estimate of drug-likeness (QED) is 0.580. The monoisotopic (exact) mass is 317 g/mol. The Bertz CT molecular complexity index is 465. The van der Waals surface area contributed by atoms with Gasteiger partial charge in [-0.05, 0) is 29.5 Å². The summed E-state index contributed by atoms with van der Waals surface area (Å²) in [5.41, 5.74) is -0.489. The Kier molecular flexibility index (Phi) is 3.37. The number of imide groups is 1. The average molecular weight is 319 g/mol. The number of nitrogens with one attached hydrogen (secondary N) is 3. The second-order valence-corrected chi connectivity index (χ2v) is 4.81. The normalized spacial score (nSPS) is 23.4. The Morgan fingerprint density at radius 1 is 1.29 bits per heavy atom. The molecule has 17 heavy (non-hydrogen) atoms. The number of hydrogen-bond acceptors (Lipinski definition) is 3. The lowest BCUT2D eigenvalue weighted by atomic mass is 9.90. The minimum Gasteiger partial charge on any atom is -0.318 e. The number of carbonyl (C=O) groups excluding carboxylic acids is 2. The largest absolute Gasteiger partial charge is 0.322 e. The van der Waals surface area contributed by atoms with Crippen molar-refractivity contribution < 1.29 is 9.59 Å². The molecule has 0 aromatic heterocycles. The number of benzene rings is 1. The fourth-order valence-electron chi connectivity index (χ4n) is 1.76. The van der Waals surface area contributed by atoms with Gasteiger partial charge in [0.05, 0.1) is 0 Å². The highest BCUT2D eigenvalue weighted by Gasteiger charge is 2.47. The summed E-state index contributed by atoms with van der Waals surface area (Å²) in [7, 11) is 0. The summed E-state index contributed by atoms with van der Waals surface area (Å²) in [4.78, 5) is 25.5. The first-order chi connectivity index (χ1) is 8.08. The lowest BCUT2D eigenvalue weighted by Gasteiger charge is -2.25. The summed E-state index contributed by atoms with van der Waals surface area (Å²) < 4.78 is 0.889. The molecular weight excluding hydrogens is 309 g/mol. The van der Waals surface area contributed by atoms with Crippen molar-refractivity contribution in [1.82, 2.24) is 15.5 Å². The Labute approximate surface area is 111 Å². The highest BCUT2D eigenvalue weighted by Crippen LogP contribution is 2.26. The molecule has 0 saturated carbocycles. The van der Waals surface area contributed by atoms with E-state index in [2.05, 4.69) is 31.4 Å². The second-order valence-electron chi connectivity index (χ2n) is 3.63. The van der Waals surface area contributed by atoms with Gasteiger partial charge in [-0.1, -0.05) is 28.1 Å². The molecule has 1 aromatic carbocycles. The standard InChI is InChI=1S/C10H9BrClN3O2/c11-7-3-1-6(2-4-7)10(5-13-12)8(16)14-9(17)15-10/h1-4,13H,5H2,(H2,14,15,16,17). The molecule has 1 aliphatic heterocycles. The van der Waals surface area contributed by atoms with Crippen LogP contribution in [-0.4, -0.2) is 18.5 Å². The molecule has 3 N–H and O–H groups in total. The van der Waals surface area contributed by atoms with Crippen LogP contribution in [0.1, 0.15) is 5.56 Å². The van der Waals surface area contributed by atoms with E-state index in [0.717, 1.165) is 4.47 Å². The molecule has 1 atom stereocenters. The minimum atomic E-state index is -1.15. The molecule has 90 valence electrons. The summed E-state index contributed by atoms with van der Waals surface area (Å²) in [5.74, 6) is -0.419. The summed E-state index contributed by atoms with van der Waals surface area (Å²) >= 11 is 8.78. The van der Waals surface area contributed by atoms with Gasteiger partial charge in [-0.2, -0.15) is 0 Å². The van der Waals surface area contributed by atoms with Crippen molar-refractivity contribution in [1.29, 1.82) is 0 Å². The Morgan fingerprint density at radius 2 is 1.94 bits per heavy atom. The first-order valence-corrected chi connectivity index (χ1v) is 5.99. The Balaban J connectivity index is 2.44. The zero-order valence-electron chi connectivity index (χ0n) is 8.59. The second kappa shape index (κ2) is 4.64. The van der Waals surface area contributed by atoms with E-state index in [1.165, 1.54) is 0 Å². The fraction of sp³-hybridized carbons (Fsp3) is 0.200. The summed E-state index contributed by atoms with van der Waals surface area (Å²) in [6, 6.07) is 6.57. The van der Waals surface area contributed by atoms with E-state index in [4.69, 9.17) is 11.8 Å². The van der Waals surface area contributed by atoms with Crippen molar-refractivity contribution in [2.75, 3.05) is 6.54 Å². The molecule has 1 saturated heterocycles. The van der Waals surface area contributed by atoms with Crippen LogP contribution in [0.3, 0.4) is 0 Å². The number of carbonyl (C=O) groups is 2. The van der Waals surface area contributed by atoms with Crippen LogP contribution in [0, 0.1) is 0 Å². The van der Waals surface area contributed by atoms with Crippen LogP contribution < -0.4 is 15.5 Å². The van der Waals surface area contributed by atoms with Crippen molar-refractivity contribution in [2.45, 2.75) is 5.54 Å². The van der Waals surface area contributed by atoms with E-state index in [9.17, 15) is 9.59 Å². The molecule has 0 radical (unpaired) electrons. The van der Waals surface area contributed by atoms with Gasteiger partial charge in [-0.3, -0.25) is 10.1 Å². The van der Waals surface area contributed by atoms with Crippen LogP contribution >= 0.6 is 27.7 Å². The van der Waals surface area contributed by atoms with Gasteiger partial charge >= 0.3 is 6.03 Å². The lowest BCUT2D eigenvalue weighted by molar-refractivity contribution is -0.124. The molecule has 3 amide bonds. The maximum atomic E-state index is 11.9. The van der Waals surface area contributed by atoms with Gasteiger partial charge in [0, 0.05) is 11.0 Å². The van der Waals surface area contributed by atoms with E-state index < -0.39 is 17.5 Å². The van der Waals surface area contributed by atoms with Gasteiger partial charge in [0.2, 0.25) is 0 Å². The molecule has 0 bridgehead atoms. The predicted octanol–water partition coefficient (Wildman–Crippen LogP) is 1.23. The van der Waals surface area contributed by atoms with Crippen molar-refractivity contribution in [3.63, 3.8) is 0 Å². The molecule has 1 fully saturated rings. The molecule has 1 heterocycles. The van der Waals surface area contributed by atoms with Crippen LogP contribution in [0.4, 0.5) is 4.79 Å². The number of halogens is 2. The predicted molar refractivity (Wildman–Crippen MR) is 66.4 cm³/mol. The van der Waals surface area contributed by atoms with Crippen molar-refractivity contribution in [3.8, 4) is 0 Å². The van der Waals surface area contributed by atoms with Gasteiger partial charge in [0.15, 0.2) is 5.54 Å². The summed E-state index contributed by atoms with van der Waals surface area (Å²) in [6.07, 6.45) is 0. The first kappa shape index (κ1) is 12.3. The average Bonchev–Trinajstić information content (AvgIpc) is 2.56. The third-order valence-corrected chi connectivity index (χ3v) is 3.27. The third-order valence-electron chi connectivity index (χ3n) is 2.61. The highest BCUT2D eigenvalue weighted by atomic mass is 79.9. The van der Waals surface area contributed by atoms with Crippen LogP contribution in [-0.2, 0) is 10.3 Å². The summed E-state index contributed by atoms with van der Waals surface area (Å²) in [5, 5.41) is 4.80. The SMILES string of the molecule is O=C1NC(=O)C(CNCl)(c2ccc(Br)cc2)N1. The van der Waals surface area contributed by atoms with E-state index in [1.54, 1.807) is 24.3 Å². The molecule has 5 nitrogen and oxygen atoms in total. The zero-order chi connectivity index (χ0) is 12.5. The Morgan fingerprint density at radius 3 is 2.41 bits per heavy atom.